The molecule has 0 spiro atoms. The summed E-state index contributed by atoms with van der Waals surface area (Å²) in [5.74, 6) is -0.0518. The molecule has 2 amide bonds. The molecular formula is C20H20FN3O2. The van der Waals surface area contributed by atoms with Crippen molar-refractivity contribution in [3.8, 4) is 0 Å². The van der Waals surface area contributed by atoms with Crippen LogP contribution in [0.15, 0.2) is 42.5 Å². The van der Waals surface area contributed by atoms with Gasteiger partial charge < -0.3 is 15.1 Å². The molecule has 26 heavy (non-hydrogen) atoms. The number of rotatable bonds is 6. The average Bonchev–Trinajstić information content (AvgIpc) is 2.95. The van der Waals surface area contributed by atoms with E-state index in [2.05, 4.69) is 5.32 Å². The topological polar surface area (TPSA) is 52.7 Å². The van der Waals surface area contributed by atoms with E-state index in [4.69, 9.17) is 0 Å². The van der Waals surface area contributed by atoms with Crippen molar-refractivity contribution >= 4 is 18.0 Å². The first-order valence-electron chi connectivity index (χ1n) is 8.74. The summed E-state index contributed by atoms with van der Waals surface area (Å²) in [4.78, 5) is 26.6. The number of halogens is 1. The number of fused-ring (bicyclic) bond motifs is 1. The molecule has 0 aromatic heterocycles. The molecule has 2 aromatic rings. The Balaban J connectivity index is 1.43. The van der Waals surface area contributed by atoms with Crippen LogP contribution >= 0.6 is 0 Å². The van der Waals surface area contributed by atoms with E-state index in [-0.39, 0.29) is 18.3 Å². The lowest BCUT2D eigenvalue weighted by atomic mass is 10.0. The summed E-state index contributed by atoms with van der Waals surface area (Å²) in [6.45, 7) is 3.06. The van der Waals surface area contributed by atoms with E-state index in [1.807, 2.05) is 30.3 Å². The number of hydrogen-bond acceptors (Lipinski definition) is 3. The Morgan fingerprint density at radius 2 is 1.96 bits per heavy atom. The maximum Gasteiger partial charge on any atom is 0.259 e. The summed E-state index contributed by atoms with van der Waals surface area (Å²) in [6.07, 6.45) is 0.858. The minimum Gasteiger partial charge on any atom is -0.344 e. The van der Waals surface area contributed by atoms with Crippen molar-refractivity contribution in [2.45, 2.75) is 13.1 Å². The van der Waals surface area contributed by atoms with Gasteiger partial charge in [-0.3, -0.25) is 9.59 Å². The zero-order chi connectivity index (χ0) is 18.1. The van der Waals surface area contributed by atoms with Crippen molar-refractivity contribution in [1.82, 2.24) is 10.2 Å². The van der Waals surface area contributed by atoms with Gasteiger partial charge in [-0.2, -0.15) is 0 Å². The van der Waals surface area contributed by atoms with Gasteiger partial charge in [0.1, 0.15) is 5.82 Å². The molecule has 1 saturated heterocycles. The fourth-order valence-corrected chi connectivity index (χ4v) is 3.58. The SMILES string of the molecule is O=CN1CC(CNCc2cc(F)c3c(c2)C(=O)N(c2ccccc2)C3)C1. The summed E-state index contributed by atoms with van der Waals surface area (Å²) in [5, 5.41) is 3.29. The molecule has 6 heteroatoms. The molecule has 4 rings (SSSR count). The third-order valence-corrected chi connectivity index (χ3v) is 5.01. The molecule has 2 aliphatic heterocycles. The van der Waals surface area contributed by atoms with E-state index in [1.165, 1.54) is 6.07 Å². The lowest BCUT2D eigenvalue weighted by Crippen LogP contribution is -2.49. The van der Waals surface area contributed by atoms with Gasteiger partial charge in [0, 0.05) is 48.9 Å². The molecule has 0 unspecified atom stereocenters. The monoisotopic (exact) mass is 353 g/mol. The van der Waals surface area contributed by atoms with E-state index in [0.29, 0.717) is 23.6 Å². The number of amides is 2. The highest BCUT2D eigenvalue weighted by Crippen LogP contribution is 2.30. The zero-order valence-electron chi connectivity index (χ0n) is 14.3. The molecule has 2 heterocycles. The number of nitrogens with zero attached hydrogens (tertiary/aromatic N) is 2. The Kier molecular flexibility index (Phi) is 4.42. The number of hydrogen-bond donors (Lipinski definition) is 1. The smallest absolute Gasteiger partial charge is 0.259 e. The first-order chi connectivity index (χ1) is 12.7. The Morgan fingerprint density at radius 3 is 2.69 bits per heavy atom. The first-order valence-corrected chi connectivity index (χ1v) is 8.74. The van der Waals surface area contributed by atoms with Crippen molar-refractivity contribution in [3.63, 3.8) is 0 Å². The third-order valence-electron chi connectivity index (χ3n) is 5.01. The Hall–Kier alpha value is -2.73. The zero-order valence-corrected chi connectivity index (χ0v) is 14.3. The largest absolute Gasteiger partial charge is 0.344 e. The highest BCUT2D eigenvalue weighted by Gasteiger charge is 2.31. The van der Waals surface area contributed by atoms with E-state index in [9.17, 15) is 14.0 Å². The van der Waals surface area contributed by atoms with Gasteiger partial charge in [-0.15, -0.1) is 0 Å². The molecule has 5 nitrogen and oxygen atoms in total. The first kappa shape index (κ1) is 16.7. The number of carbonyl (C=O) groups excluding carboxylic acids is 2. The predicted molar refractivity (Wildman–Crippen MR) is 96.2 cm³/mol. The maximum atomic E-state index is 14.5. The molecule has 1 N–H and O–H groups in total. The van der Waals surface area contributed by atoms with Crippen LogP contribution in [0.25, 0.3) is 0 Å². The highest BCUT2D eigenvalue weighted by molar-refractivity contribution is 6.10. The minimum absolute atomic E-state index is 0.160. The quantitative estimate of drug-likeness (QED) is 0.810. The Morgan fingerprint density at radius 1 is 1.19 bits per heavy atom. The van der Waals surface area contributed by atoms with Crippen LogP contribution < -0.4 is 10.2 Å². The van der Waals surface area contributed by atoms with Gasteiger partial charge >= 0.3 is 0 Å². The molecule has 0 radical (unpaired) electrons. The minimum atomic E-state index is -0.332. The molecule has 0 saturated carbocycles. The molecule has 0 bridgehead atoms. The summed E-state index contributed by atoms with van der Waals surface area (Å²) >= 11 is 0. The van der Waals surface area contributed by atoms with Crippen molar-refractivity contribution in [3.05, 3.63) is 65.0 Å². The van der Waals surface area contributed by atoms with Gasteiger partial charge in [0.15, 0.2) is 0 Å². The van der Waals surface area contributed by atoms with Crippen LogP contribution in [0.3, 0.4) is 0 Å². The van der Waals surface area contributed by atoms with Gasteiger partial charge in [0.05, 0.1) is 6.54 Å². The van der Waals surface area contributed by atoms with Crippen LogP contribution in [0.1, 0.15) is 21.5 Å². The number of benzene rings is 2. The van der Waals surface area contributed by atoms with Crippen LogP contribution in [0.2, 0.25) is 0 Å². The van der Waals surface area contributed by atoms with Crippen LogP contribution in [0, 0.1) is 11.7 Å². The van der Waals surface area contributed by atoms with Gasteiger partial charge in [0.25, 0.3) is 5.91 Å². The van der Waals surface area contributed by atoms with Crippen molar-refractivity contribution in [1.29, 1.82) is 0 Å². The lowest BCUT2D eigenvalue weighted by Gasteiger charge is -2.36. The molecular weight excluding hydrogens is 333 g/mol. The Bertz CT molecular complexity index is 834. The molecule has 0 atom stereocenters. The second-order valence-electron chi connectivity index (χ2n) is 6.89. The standard InChI is InChI=1S/C20H20FN3O2/c21-19-7-14(8-22-9-15-10-23(11-15)13-25)6-17-18(19)12-24(20(17)26)16-4-2-1-3-5-16/h1-7,13,15,22H,8-12H2. The van der Waals surface area contributed by atoms with Crippen LogP contribution in [0.5, 0.6) is 0 Å². The van der Waals surface area contributed by atoms with E-state index in [1.54, 1.807) is 15.9 Å². The maximum absolute atomic E-state index is 14.5. The van der Waals surface area contributed by atoms with Gasteiger partial charge in [-0.25, -0.2) is 4.39 Å². The second kappa shape index (κ2) is 6.88. The number of anilines is 1. The van der Waals surface area contributed by atoms with E-state index >= 15 is 0 Å². The van der Waals surface area contributed by atoms with Crippen LogP contribution in [0.4, 0.5) is 10.1 Å². The van der Waals surface area contributed by atoms with Crippen molar-refractivity contribution in [2.75, 3.05) is 24.5 Å². The molecule has 1 fully saturated rings. The van der Waals surface area contributed by atoms with Crippen LogP contribution in [-0.4, -0.2) is 36.9 Å². The van der Waals surface area contributed by atoms with Gasteiger partial charge in [0.2, 0.25) is 6.41 Å². The number of carbonyl (C=O) groups is 2. The highest BCUT2D eigenvalue weighted by atomic mass is 19.1. The fourth-order valence-electron chi connectivity index (χ4n) is 3.58. The van der Waals surface area contributed by atoms with Crippen molar-refractivity contribution < 1.29 is 14.0 Å². The molecule has 134 valence electrons. The second-order valence-corrected chi connectivity index (χ2v) is 6.89. The fraction of sp³-hybridized carbons (Fsp3) is 0.300. The van der Waals surface area contributed by atoms with Gasteiger partial charge in [-0.05, 0) is 29.8 Å². The summed E-state index contributed by atoms with van der Waals surface area (Å²) < 4.78 is 14.5. The number of nitrogens with one attached hydrogen (secondary N) is 1. The molecule has 0 aliphatic carbocycles. The summed E-state index contributed by atoms with van der Waals surface area (Å²) in [5.41, 5.74) is 2.44. The molecule has 2 aliphatic rings. The predicted octanol–water partition coefficient (Wildman–Crippen LogP) is 2.16. The van der Waals surface area contributed by atoms with E-state index < -0.39 is 0 Å². The summed E-state index contributed by atoms with van der Waals surface area (Å²) in [7, 11) is 0. The van der Waals surface area contributed by atoms with Crippen LogP contribution in [-0.2, 0) is 17.9 Å². The molecule has 2 aromatic carbocycles. The number of para-hydroxylation sites is 1. The normalized spacial score (nSPS) is 16.6. The van der Waals surface area contributed by atoms with E-state index in [0.717, 1.165) is 37.3 Å². The third kappa shape index (κ3) is 3.08. The van der Waals surface area contributed by atoms with Crippen molar-refractivity contribution in [2.24, 2.45) is 5.92 Å². The van der Waals surface area contributed by atoms with Gasteiger partial charge in [-0.1, -0.05) is 18.2 Å². The lowest BCUT2D eigenvalue weighted by molar-refractivity contribution is -0.123. The Labute approximate surface area is 151 Å². The number of likely N-dealkylation sites (tertiary alicyclic amines) is 1. The summed E-state index contributed by atoms with van der Waals surface area (Å²) in [6, 6.07) is 12.6. The average molecular weight is 353 g/mol.